The van der Waals surface area contributed by atoms with E-state index in [9.17, 15) is 4.79 Å². The highest BCUT2D eigenvalue weighted by atomic mass is 16.5. The van der Waals surface area contributed by atoms with Crippen molar-refractivity contribution in [1.82, 2.24) is 0 Å². The number of hydrogen-bond acceptors (Lipinski definition) is 3. The van der Waals surface area contributed by atoms with Crippen molar-refractivity contribution in [1.29, 1.82) is 0 Å². The highest BCUT2D eigenvalue weighted by Crippen LogP contribution is 2.25. The van der Waals surface area contributed by atoms with Crippen LogP contribution in [0.2, 0.25) is 0 Å². The van der Waals surface area contributed by atoms with Crippen LogP contribution in [-0.4, -0.2) is 24.7 Å². The summed E-state index contributed by atoms with van der Waals surface area (Å²) >= 11 is 0. The Balaban J connectivity index is 2.80. The molecule has 0 aliphatic carbocycles. The van der Waals surface area contributed by atoms with Crippen LogP contribution in [0.15, 0.2) is 18.2 Å². The molecule has 1 aromatic carbocycles. The number of ether oxygens (including phenoxy) is 2. The molecule has 0 heterocycles. The van der Waals surface area contributed by atoms with Crippen molar-refractivity contribution in [2.45, 2.75) is 72.3 Å². The molecule has 0 aliphatic heterocycles. The first-order valence-corrected chi connectivity index (χ1v) is 9.15. The highest BCUT2D eigenvalue weighted by Gasteiger charge is 2.33. The molecule has 1 amide bonds. The fourth-order valence-electron chi connectivity index (χ4n) is 2.46. The van der Waals surface area contributed by atoms with Gasteiger partial charge < -0.3 is 14.8 Å². The first kappa shape index (κ1) is 20.5. The lowest BCUT2D eigenvalue weighted by atomic mass is 9.97. The number of anilines is 1. The van der Waals surface area contributed by atoms with Crippen molar-refractivity contribution in [2.24, 2.45) is 0 Å². The molecule has 0 saturated heterocycles. The van der Waals surface area contributed by atoms with Gasteiger partial charge in [0.1, 0.15) is 11.4 Å². The van der Waals surface area contributed by atoms with Gasteiger partial charge in [-0.2, -0.15) is 0 Å². The van der Waals surface area contributed by atoms with E-state index < -0.39 is 5.60 Å². The molecule has 1 aromatic rings. The maximum absolute atomic E-state index is 12.7. The zero-order valence-electron chi connectivity index (χ0n) is 15.9. The fourth-order valence-corrected chi connectivity index (χ4v) is 2.46. The average Bonchev–Trinajstić information content (AvgIpc) is 2.57. The zero-order valence-corrected chi connectivity index (χ0v) is 15.9. The normalized spacial score (nSPS) is 13.4. The Morgan fingerprint density at radius 1 is 1.12 bits per heavy atom. The number of unbranched alkanes of at least 4 members (excludes halogenated alkanes) is 1. The van der Waals surface area contributed by atoms with Crippen molar-refractivity contribution >= 4 is 11.6 Å². The lowest BCUT2D eigenvalue weighted by molar-refractivity contribution is -0.140. The summed E-state index contributed by atoms with van der Waals surface area (Å²) in [5.41, 5.74) is 1.02. The molecule has 0 fully saturated rings. The highest BCUT2D eigenvalue weighted by molar-refractivity contribution is 5.97. The average molecular weight is 335 g/mol. The second-order valence-electron chi connectivity index (χ2n) is 6.47. The molecule has 0 saturated carbocycles. The summed E-state index contributed by atoms with van der Waals surface area (Å²) in [6.07, 6.45) is 4.61. The standard InChI is InChI=1S/C20H33NO3/c1-6-9-12-20(5,24-14-8-3)19(22)21-17-10-11-18(16(4)15-17)23-13-7-2/h10-11,15H,6-9,12-14H2,1-5H3,(H,21,22). The maximum atomic E-state index is 12.7. The van der Waals surface area contributed by atoms with Crippen LogP contribution in [0, 0.1) is 6.92 Å². The Kier molecular flexibility index (Phi) is 8.83. The molecule has 136 valence electrons. The van der Waals surface area contributed by atoms with Gasteiger partial charge in [0.2, 0.25) is 0 Å². The van der Waals surface area contributed by atoms with Crippen LogP contribution in [0.25, 0.3) is 0 Å². The Morgan fingerprint density at radius 3 is 2.42 bits per heavy atom. The molecule has 1 N–H and O–H groups in total. The number of hydrogen-bond donors (Lipinski definition) is 1. The van der Waals surface area contributed by atoms with Gasteiger partial charge in [0, 0.05) is 12.3 Å². The lowest BCUT2D eigenvalue weighted by Crippen LogP contribution is -2.43. The van der Waals surface area contributed by atoms with Gasteiger partial charge in [-0.1, -0.05) is 33.6 Å². The van der Waals surface area contributed by atoms with Crippen LogP contribution < -0.4 is 10.1 Å². The Bertz CT molecular complexity index is 506. The Labute approximate surface area is 146 Å². The predicted octanol–water partition coefficient (Wildman–Crippen LogP) is 5.10. The number of carbonyl (C=O) groups is 1. The minimum Gasteiger partial charge on any atom is -0.493 e. The quantitative estimate of drug-likeness (QED) is 0.612. The summed E-state index contributed by atoms with van der Waals surface area (Å²) in [6.45, 7) is 11.4. The van der Waals surface area contributed by atoms with E-state index in [1.807, 2.05) is 32.0 Å². The number of benzene rings is 1. The SMILES string of the molecule is CCCCC(C)(OCCC)C(=O)Nc1ccc(OCCC)c(C)c1. The minimum atomic E-state index is -0.780. The summed E-state index contributed by atoms with van der Waals surface area (Å²) in [4.78, 5) is 12.7. The lowest BCUT2D eigenvalue weighted by Gasteiger charge is -2.28. The molecular weight excluding hydrogens is 302 g/mol. The van der Waals surface area contributed by atoms with E-state index in [2.05, 4.69) is 26.1 Å². The van der Waals surface area contributed by atoms with Crippen molar-refractivity contribution in [3.05, 3.63) is 23.8 Å². The number of amides is 1. The van der Waals surface area contributed by atoms with Crippen LogP contribution in [0.3, 0.4) is 0 Å². The van der Waals surface area contributed by atoms with Crippen LogP contribution in [0.4, 0.5) is 5.69 Å². The van der Waals surface area contributed by atoms with E-state index in [0.717, 1.165) is 49.1 Å². The zero-order chi connectivity index (χ0) is 18.0. The van der Waals surface area contributed by atoms with E-state index >= 15 is 0 Å². The predicted molar refractivity (Wildman–Crippen MR) is 99.8 cm³/mol. The van der Waals surface area contributed by atoms with Crippen molar-refractivity contribution < 1.29 is 14.3 Å². The van der Waals surface area contributed by atoms with Gasteiger partial charge >= 0.3 is 0 Å². The molecular formula is C20H33NO3. The summed E-state index contributed by atoms with van der Waals surface area (Å²) in [5.74, 6) is 0.789. The van der Waals surface area contributed by atoms with Crippen molar-refractivity contribution in [2.75, 3.05) is 18.5 Å². The van der Waals surface area contributed by atoms with Gasteiger partial charge in [-0.05, 0) is 56.9 Å². The molecule has 0 spiro atoms. The van der Waals surface area contributed by atoms with Gasteiger partial charge in [0.25, 0.3) is 5.91 Å². The van der Waals surface area contributed by atoms with Crippen LogP contribution >= 0.6 is 0 Å². The van der Waals surface area contributed by atoms with Gasteiger partial charge in [-0.3, -0.25) is 4.79 Å². The molecule has 0 aromatic heterocycles. The van der Waals surface area contributed by atoms with E-state index in [0.29, 0.717) is 13.2 Å². The molecule has 0 bridgehead atoms. The van der Waals surface area contributed by atoms with Crippen LogP contribution in [0.5, 0.6) is 5.75 Å². The Hall–Kier alpha value is -1.55. The van der Waals surface area contributed by atoms with Gasteiger partial charge in [0.05, 0.1) is 6.61 Å². The first-order chi connectivity index (χ1) is 11.5. The summed E-state index contributed by atoms with van der Waals surface area (Å²) in [6, 6.07) is 5.75. The van der Waals surface area contributed by atoms with Gasteiger partial charge in [-0.15, -0.1) is 0 Å². The number of rotatable bonds is 11. The molecule has 1 unspecified atom stereocenters. The number of carbonyl (C=O) groups excluding carboxylic acids is 1. The van der Waals surface area contributed by atoms with E-state index in [1.54, 1.807) is 0 Å². The maximum Gasteiger partial charge on any atom is 0.256 e. The molecule has 0 aliphatic rings. The van der Waals surface area contributed by atoms with Crippen LogP contribution in [0.1, 0.15) is 65.4 Å². The Morgan fingerprint density at radius 2 is 1.83 bits per heavy atom. The molecule has 24 heavy (non-hydrogen) atoms. The van der Waals surface area contributed by atoms with E-state index in [-0.39, 0.29) is 5.91 Å². The second kappa shape index (κ2) is 10.3. The molecule has 0 radical (unpaired) electrons. The first-order valence-electron chi connectivity index (χ1n) is 9.15. The van der Waals surface area contributed by atoms with Crippen LogP contribution in [-0.2, 0) is 9.53 Å². The largest absolute Gasteiger partial charge is 0.493 e. The summed E-state index contributed by atoms with van der Waals surface area (Å²) in [7, 11) is 0. The molecule has 1 rings (SSSR count). The molecule has 1 atom stereocenters. The molecule has 4 nitrogen and oxygen atoms in total. The monoisotopic (exact) mass is 335 g/mol. The number of aryl methyl sites for hydroxylation is 1. The third-order valence-corrected chi connectivity index (χ3v) is 4.01. The van der Waals surface area contributed by atoms with E-state index in [4.69, 9.17) is 9.47 Å². The smallest absolute Gasteiger partial charge is 0.256 e. The van der Waals surface area contributed by atoms with Gasteiger partial charge in [0.15, 0.2) is 0 Å². The van der Waals surface area contributed by atoms with Gasteiger partial charge in [-0.25, -0.2) is 0 Å². The second-order valence-corrected chi connectivity index (χ2v) is 6.47. The number of nitrogens with one attached hydrogen (secondary N) is 1. The van der Waals surface area contributed by atoms with Crippen molar-refractivity contribution in [3.63, 3.8) is 0 Å². The summed E-state index contributed by atoms with van der Waals surface area (Å²) < 4.78 is 11.6. The van der Waals surface area contributed by atoms with E-state index in [1.165, 1.54) is 0 Å². The third kappa shape index (κ3) is 6.16. The fraction of sp³-hybridized carbons (Fsp3) is 0.650. The minimum absolute atomic E-state index is 0.0778. The third-order valence-electron chi connectivity index (χ3n) is 4.01. The van der Waals surface area contributed by atoms with Crippen molar-refractivity contribution in [3.8, 4) is 5.75 Å². The molecule has 4 heteroatoms. The summed E-state index contributed by atoms with van der Waals surface area (Å²) in [5, 5.41) is 3.00. The topological polar surface area (TPSA) is 47.6 Å².